The fourth-order valence-corrected chi connectivity index (χ4v) is 3.95. The Bertz CT molecular complexity index is 1140. The Kier molecular flexibility index (Phi) is 4.51. The van der Waals surface area contributed by atoms with Crippen LogP contribution in [0, 0.1) is 11.6 Å². The normalized spacial score (nSPS) is 20.5. The molecule has 1 amide bonds. The number of amides is 1. The second kappa shape index (κ2) is 7.12. The van der Waals surface area contributed by atoms with Gasteiger partial charge in [0.2, 0.25) is 5.91 Å². The van der Waals surface area contributed by atoms with Gasteiger partial charge in [0.25, 0.3) is 0 Å². The van der Waals surface area contributed by atoms with Crippen molar-refractivity contribution < 1.29 is 27.4 Å². The van der Waals surface area contributed by atoms with E-state index >= 15 is 4.39 Å². The highest BCUT2D eigenvalue weighted by Gasteiger charge is 2.57. The summed E-state index contributed by atoms with van der Waals surface area (Å²) in [5, 5.41) is 2.74. The number of methoxy groups -OCH3 is 1. The molecule has 1 saturated carbocycles. The number of fused-ring (bicyclic) bond motifs is 2. The van der Waals surface area contributed by atoms with Crippen LogP contribution in [0.4, 0.5) is 24.7 Å². The van der Waals surface area contributed by atoms with Crippen LogP contribution in [0.15, 0.2) is 48.6 Å². The third-order valence-electron chi connectivity index (χ3n) is 5.82. The molecule has 1 aromatic carbocycles. The lowest BCUT2D eigenvalue weighted by atomic mass is 10.00. The van der Waals surface area contributed by atoms with E-state index in [1.807, 2.05) is 0 Å². The van der Waals surface area contributed by atoms with Crippen LogP contribution < -0.4 is 15.0 Å². The van der Waals surface area contributed by atoms with Gasteiger partial charge in [-0.15, -0.1) is 0 Å². The van der Waals surface area contributed by atoms with E-state index < -0.39 is 35.7 Å². The molecule has 31 heavy (non-hydrogen) atoms. The smallest absolute Gasteiger partial charge is 0.236 e. The van der Waals surface area contributed by atoms with Crippen LogP contribution in [-0.2, 0) is 21.6 Å². The molecule has 6 nitrogen and oxygen atoms in total. The van der Waals surface area contributed by atoms with E-state index in [0.717, 1.165) is 30.7 Å². The van der Waals surface area contributed by atoms with E-state index in [4.69, 9.17) is 9.47 Å². The van der Waals surface area contributed by atoms with Gasteiger partial charge < -0.3 is 19.7 Å². The molecular formula is C22H18F3N3O3. The van der Waals surface area contributed by atoms with E-state index in [9.17, 15) is 13.6 Å². The van der Waals surface area contributed by atoms with Crippen LogP contribution in [0.1, 0.15) is 24.0 Å². The highest BCUT2D eigenvalue weighted by molar-refractivity contribution is 6.07. The minimum absolute atomic E-state index is 0.0508. The van der Waals surface area contributed by atoms with Crippen LogP contribution in [0.25, 0.3) is 0 Å². The Hall–Kier alpha value is -3.33. The number of hydrogen-bond acceptors (Lipinski definition) is 5. The topological polar surface area (TPSA) is 63.7 Å². The Morgan fingerprint density at radius 2 is 2.10 bits per heavy atom. The third kappa shape index (κ3) is 3.16. The number of halogens is 3. The highest BCUT2D eigenvalue weighted by Crippen LogP contribution is 2.55. The molecule has 2 aromatic rings. The standard InChI is InChI=1S/C22H18F3N3O3/c1-30-18-5-2-12(23)10-28(18)17-4-3-16(24)14(19(17)25)11-31-13-8-15-20(26-9-13)27-21(29)22(15)6-7-22/h2-5,8-10,18H,6-7,11H2,1H3,(H,26,27,29). The molecular weight excluding hydrogens is 411 g/mol. The number of ether oxygens (including phenoxy) is 2. The summed E-state index contributed by atoms with van der Waals surface area (Å²) >= 11 is 0. The van der Waals surface area contributed by atoms with Gasteiger partial charge in [-0.1, -0.05) is 0 Å². The zero-order valence-electron chi connectivity index (χ0n) is 16.5. The molecule has 0 radical (unpaired) electrons. The van der Waals surface area contributed by atoms with Crippen molar-refractivity contribution in [3.63, 3.8) is 0 Å². The van der Waals surface area contributed by atoms with Crippen molar-refractivity contribution in [2.45, 2.75) is 31.1 Å². The summed E-state index contributed by atoms with van der Waals surface area (Å²) < 4.78 is 54.2. The van der Waals surface area contributed by atoms with Crippen LogP contribution >= 0.6 is 0 Å². The Labute approximate surface area is 176 Å². The zero-order valence-corrected chi connectivity index (χ0v) is 16.5. The number of pyridine rings is 1. The molecule has 2 aliphatic heterocycles. The molecule has 1 aliphatic carbocycles. The third-order valence-corrected chi connectivity index (χ3v) is 5.82. The number of anilines is 2. The summed E-state index contributed by atoms with van der Waals surface area (Å²) in [6.07, 6.45) is 5.84. The van der Waals surface area contributed by atoms with Crippen LogP contribution in [0.2, 0.25) is 0 Å². The quantitative estimate of drug-likeness (QED) is 0.776. The van der Waals surface area contributed by atoms with E-state index in [-0.39, 0.29) is 17.2 Å². The van der Waals surface area contributed by atoms with Crippen molar-refractivity contribution in [3.05, 3.63) is 71.3 Å². The van der Waals surface area contributed by atoms with Gasteiger partial charge in [0.1, 0.15) is 29.8 Å². The van der Waals surface area contributed by atoms with Crippen molar-refractivity contribution in [2.75, 3.05) is 17.3 Å². The summed E-state index contributed by atoms with van der Waals surface area (Å²) in [7, 11) is 1.40. The zero-order chi connectivity index (χ0) is 21.8. The predicted octanol–water partition coefficient (Wildman–Crippen LogP) is 4.08. The lowest BCUT2D eigenvalue weighted by molar-refractivity contribution is -0.117. The highest BCUT2D eigenvalue weighted by atomic mass is 19.1. The number of aromatic nitrogens is 1. The van der Waals surface area contributed by atoms with Crippen molar-refractivity contribution >= 4 is 17.4 Å². The van der Waals surface area contributed by atoms with E-state index in [1.165, 1.54) is 36.4 Å². The molecule has 1 atom stereocenters. The number of benzene rings is 1. The molecule has 3 aliphatic rings. The average molecular weight is 429 g/mol. The lowest BCUT2D eigenvalue weighted by Crippen LogP contribution is -2.33. The molecule has 1 fully saturated rings. The van der Waals surface area contributed by atoms with Crippen molar-refractivity contribution in [2.24, 2.45) is 0 Å². The predicted molar refractivity (Wildman–Crippen MR) is 106 cm³/mol. The first kappa shape index (κ1) is 19.6. The fourth-order valence-electron chi connectivity index (χ4n) is 3.95. The van der Waals surface area contributed by atoms with Gasteiger partial charge >= 0.3 is 0 Å². The van der Waals surface area contributed by atoms with E-state index in [0.29, 0.717) is 11.6 Å². The second-order valence-electron chi connectivity index (χ2n) is 7.66. The average Bonchev–Trinajstić information content (AvgIpc) is 3.51. The van der Waals surface area contributed by atoms with Gasteiger partial charge in [0, 0.05) is 18.9 Å². The first-order valence-electron chi connectivity index (χ1n) is 9.71. The first-order chi connectivity index (χ1) is 14.9. The maximum Gasteiger partial charge on any atom is 0.236 e. The molecule has 160 valence electrons. The SMILES string of the molecule is COC1C=CC(F)=CN1c1ccc(F)c(COc2cnc3c(c2)C2(CC2)C(=O)N3)c1F. The number of allylic oxidation sites excluding steroid dienone is 2. The molecule has 9 heteroatoms. The molecule has 1 N–H and O–H groups in total. The summed E-state index contributed by atoms with van der Waals surface area (Å²) in [5.74, 6) is -1.56. The van der Waals surface area contributed by atoms with Gasteiger partial charge in [-0.2, -0.15) is 0 Å². The molecule has 1 spiro atoms. The van der Waals surface area contributed by atoms with Crippen LogP contribution in [0.3, 0.4) is 0 Å². The number of nitrogens with zero attached hydrogens (tertiary/aromatic N) is 2. The van der Waals surface area contributed by atoms with E-state index in [2.05, 4.69) is 10.3 Å². The van der Waals surface area contributed by atoms with E-state index in [1.54, 1.807) is 6.07 Å². The van der Waals surface area contributed by atoms with Crippen LogP contribution in [-0.4, -0.2) is 24.2 Å². The van der Waals surface area contributed by atoms with Crippen molar-refractivity contribution in [1.82, 2.24) is 4.98 Å². The molecule has 0 saturated heterocycles. The second-order valence-corrected chi connectivity index (χ2v) is 7.66. The number of hydrogen-bond donors (Lipinski definition) is 1. The maximum absolute atomic E-state index is 15.2. The largest absolute Gasteiger partial charge is 0.487 e. The van der Waals surface area contributed by atoms with Gasteiger partial charge in [-0.05, 0) is 43.2 Å². The first-order valence-corrected chi connectivity index (χ1v) is 9.71. The van der Waals surface area contributed by atoms with Gasteiger partial charge in [0.15, 0.2) is 12.0 Å². The van der Waals surface area contributed by atoms with Gasteiger partial charge in [0.05, 0.1) is 22.9 Å². The molecule has 0 bridgehead atoms. The van der Waals surface area contributed by atoms with Gasteiger partial charge in [-0.25, -0.2) is 18.2 Å². The summed E-state index contributed by atoms with van der Waals surface area (Å²) in [6, 6.07) is 3.99. The Morgan fingerprint density at radius 1 is 1.29 bits per heavy atom. The molecule has 3 heterocycles. The number of carbonyl (C=O) groups is 1. The maximum atomic E-state index is 15.2. The summed E-state index contributed by atoms with van der Waals surface area (Å²) in [6.45, 7) is -0.409. The minimum Gasteiger partial charge on any atom is -0.487 e. The Morgan fingerprint density at radius 3 is 2.84 bits per heavy atom. The Balaban J connectivity index is 1.41. The monoisotopic (exact) mass is 429 g/mol. The van der Waals surface area contributed by atoms with Gasteiger partial charge in [-0.3, -0.25) is 4.79 Å². The van der Waals surface area contributed by atoms with Crippen molar-refractivity contribution in [1.29, 1.82) is 0 Å². The molecule has 5 rings (SSSR count). The number of nitrogens with one attached hydrogen (secondary N) is 1. The number of carbonyl (C=O) groups excluding carboxylic acids is 1. The molecule has 1 unspecified atom stereocenters. The molecule has 1 aromatic heterocycles. The summed E-state index contributed by atoms with van der Waals surface area (Å²) in [5.41, 5.74) is -0.170. The fraction of sp³-hybridized carbons (Fsp3) is 0.273. The number of rotatable bonds is 5. The lowest BCUT2D eigenvalue weighted by Gasteiger charge is -2.30. The van der Waals surface area contributed by atoms with Crippen LogP contribution in [0.5, 0.6) is 5.75 Å². The van der Waals surface area contributed by atoms with Crippen molar-refractivity contribution in [3.8, 4) is 5.75 Å². The minimum atomic E-state index is -0.883. The summed E-state index contributed by atoms with van der Waals surface area (Å²) in [4.78, 5) is 17.5.